The molecule has 0 aliphatic rings. The Kier molecular flexibility index (Phi) is 5.35. The lowest BCUT2D eigenvalue weighted by Crippen LogP contribution is -2.17. The second kappa shape index (κ2) is 7.08. The van der Waals surface area contributed by atoms with E-state index in [-0.39, 0.29) is 32.9 Å². The molecule has 0 atom stereocenters. The number of nitrogens with zero attached hydrogens (tertiary/aromatic N) is 2. The van der Waals surface area contributed by atoms with Crippen LogP contribution in [0.1, 0.15) is 0 Å². The largest absolute Gasteiger partial charge is 0.496 e. The predicted molar refractivity (Wildman–Crippen MR) is 91.6 cm³/mol. The Bertz CT molecular complexity index is 786. The average molecular weight is 373 g/mol. The third kappa shape index (κ3) is 3.36. The van der Waals surface area contributed by atoms with Crippen LogP contribution >= 0.6 is 35.8 Å². The Morgan fingerprint density at radius 1 is 1.30 bits per heavy atom. The first-order chi connectivity index (χ1) is 10.9. The molecule has 0 radical (unpaired) electrons. The molecule has 23 heavy (non-hydrogen) atoms. The first kappa shape index (κ1) is 17.4. The fourth-order valence-corrected chi connectivity index (χ4v) is 2.74. The normalized spacial score (nSPS) is 10.3. The number of ether oxygens (including phenoxy) is 1. The van der Waals surface area contributed by atoms with Gasteiger partial charge in [0, 0.05) is 4.90 Å². The van der Waals surface area contributed by atoms with Crippen molar-refractivity contribution in [3.63, 3.8) is 0 Å². The van der Waals surface area contributed by atoms with Gasteiger partial charge in [-0.05, 0) is 24.3 Å². The topological polar surface area (TPSA) is 72.7 Å². The van der Waals surface area contributed by atoms with Gasteiger partial charge in [-0.1, -0.05) is 23.2 Å². The Balaban J connectivity index is 2.70. The molecular weight excluding hydrogens is 363 g/mol. The van der Waals surface area contributed by atoms with Crippen molar-refractivity contribution >= 4 is 59.3 Å². The van der Waals surface area contributed by atoms with E-state index in [4.69, 9.17) is 27.9 Å². The van der Waals surface area contributed by atoms with Crippen LogP contribution in [0.25, 0.3) is 0 Å². The van der Waals surface area contributed by atoms with Crippen LogP contribution in [-0.4, -0.2) is 18.4 Å². The summed E-state index contributed by atoms with van der Waals surface area (Å²) in [6.07, 6.45) is 0.409. The van der Waals surface area contributed by atoms with E-state index in [9.17, 15) is 14.9 Å². The van der Waals surface area contributed by atoms with Gasteiger partial charge in [0.1, 0.15) is 11.4 Å². The molecule has 0 N–H and O–H groups in total. The van der Waals surface area contributed by atoms with E-state index in [1.807, 2.05) is 0 Å². The van der Waals surface area contributed by atoms with Crippen molar-refractivity contribution in [2.24, 2.45) is 0 Å². The lowest BCUT2D eigenvalue weighted by Gasteiger charge is -2.21. The van der Waals surface area contributed by atoms with E-state index in [2.05, 4.69) is 12.6 Å². The lowest BCUT2D eigenvalue weighted by molar-refractivity contribution is -0.384. The van der Waals surface area contributed by atoms with Gasteiger partial charge in [-0.2, -0.15) is 0 Å². The highest BCUT2D eigenvalue weighted by Gasteiger charge is 2.25. The number of nitro groups is 1. The standard InChI is InChI=1S/C14H10Cl2N2O4S/c1-22-8-2-4-10(11(6-8)18(20)21)17(7-19)14-12(23)5-3-9(15)13(14)16/h2-7,23H,1H3. The zero-order chi connectivity index (χ0) is 17.1. The van der Waals surface area contributed by atoms with Crippen LogP contribution in [0.15, 0.2) is 35.2 Å². The van der Waals surface area contributed by atoms with Gasteiger partial charge in [-0.3, -0.25) is 19.8 Å². The number of hydrogen-bond acceptors (Lipinski definition) is 5. The summed E-state index contributed by atoms with van der Waals surface area (Å²) in [5.41, 5.74) is -0.142. The molecule has 120 valence electrons. The Morgan fingerprint density at radius 2 is 2.00 bits per heavy atom. The summed E-state index contributed by atoms with van der Waals surface area (Å²) in [5, 5.41) is 11.6. The third-order valence-corrected chi connectivity index (χ3v) is 4.19. The average Bonchev–Trinajstić information content (AvgIpc) is 2.54. The maximum Gasteiger partial charge on any atom is 0.297 e. The zero-order valence-corrected chi connectivity index (χ0v) is 14.1. The van der Waals surface area contributed by atoms with Gasteiger partial charge >= 0.3 is 0 Å². The SMILES string of the molecule is COc1ccc(N(C=O)c2c(S)ccc(Cl)c2Cl)c([N+](=O)[O-])c1. The van der Waals surface area contributed by atoms with Crippen LogP contribution in [0.4, 0.5) is 17.1 Å². The van der Waals surface area contributed by atoms with Gasteiger partial charge in [0.05, 0.1) is 33.8 Å². The second-order valence-electron chi connectivity index (χ2n) is 4.32. The van der Waals surface area contributed by atoms with E-state index in [0.29, 0.717) is 11.3 Å². The number of carbonyl (C=O) groups is 1. The van der Waals surface area contributed by atoms with Crippen molar-refractivity contribution in [2.75, 3.05) is 12.0 Å². The number of methoxy groups -OCH3 is 1. The van der Waals surface area contributed by atoms with Crippen LogP contribution in [0.2, 0.25) is 10.0 Å². The predicted octanol–water partition coefficient (Wildman–Crippen LogP) is 4.49. The number of rotatable bonds is 5. The monoisotopic (exact) mass is 372 g/mol. The minimum Gasteiger partial charge on any atom is -0.496 e. The highest BCUT2D eigenvalue weighted by molar-refractivity contribution is 7.80. The number of benzene rings is 2. The molecule has 0 unspecified atom stereocenters. The van der Waals surface area contributed by atoms with Gasteiger partial charge in [-0.25, -0.2) is 0 Å². The molecule has 0 bridgehead atoms. The summed E-state index contributed by atoms with van der Waals surface area (Å²) in [4.78, 5) is 23.6. The molecule has 0 heterocycles. The second-order valence-corrected chi connectivity index (χ2v) is 5.58. The van der Waals surface area contributed by atoms with Crippen molar-refractivity contribution in [2.45, 2.75) is 4.90 Å². The summed E-state index contributed by atoms with van der Waals surface area (Å²) in [6, 6.07) is 7.15. The van der Waals surface area contributed by atoms with Crippen LogP contribution in [0, 0.1) is 10.1 Å². The molecule has 2 aromatic rings. The van der Waals surface area contributed by atoms with Gasteiger partial charge in [-0.15, -0.1) is 12.6 Å². The minimum absolute atomic E-state index is 0.0188. The zero-order valence-electron chi connectivity index (χ0n) is 11.7. The Morgan fingerprint density at radius 3 is 2.57 bits per heavy atom. The van der Waals surface area contributed by atoms with E-state index in [0.717, 1.165) is 4.90 Å². The van der Waals surface area contributed by atoms with Gasteiger partial charge in [0.15, 0.2) is 0 Å². The Labute approximate surface area is 147 Å². The Hall–Kier alpha value is -1.96. The number of anilines is 2. The molecule has 2 rings (SSSR count). The molecule has 0 aliphatic carbocycles. The number of thiol groups is 1. The fraction of sp³-hybridized carbons (Fsp3) is 0.0714. The van der Waals surface area contributed by atoms with Crippen LogP contribution in [0.3, 0.4) is 0 Å². The minimum atomic E-state index is -0.620. The highest BCUT2D eigenvalue weighted by atomic mass is 35.5. The van der Waals surface area contributed by atoms with Gasteiger partial charge in [0.2, 0.25) is 6.41 Å². The molecule has 0 fully saturated rings. The van der Waals surface area contributed by atoms with Crippen molar-refractivity contribution in [1.82, 2.24) is 0 Å². The van der Waals surface area contributed by atoms with Crippen LogP contribution < -0.4 is 9.64 Å². The van der Waals surface area contributed by atoms with Crippen molar-refractivity contribution < 1.29 is 14.5 Å². The van der Waals surface area contributed by atoms with E-state index >= 15 is 0 Å². The number of halogens is 2. The molecule has 1 amide bonds. The number of nitro benzene ring substituents is 1. The van der Waals surface area contributed by atoms with Crippen LogP contribution in [0.5, 0.6) is 5.75 Å². The smallest absolute Gasteiger partial charge is 0.297 e. The first-order valence-electron chi connectivity index (χ1n) is 6.14. The van der Waals surface area contributed by atoms with Gasteiger partial charge in [0.25, 0.3) is 5.69 Å². The number of hydrogen-bond donors (Lipinski definition) is 1. The summed E-state index contributed by atoms with van der Waals surface area (Å²) in [6.45, 7) is 0. The van der Waals surface area contributed by atoms with E-state index < -0.39 is 4.92 Å². The van der Waals surface area contributed by atoms with Crippen molar-refractivity contribution in [3.8, 4) is 5.75 Å². The molecule has 0 aromatic heterocycles. The molecule has 6 nitrogen and oxygen atoms in total. The summed E-state index contributed by atoms with van der Waals surface area (Å²) in [5.74, 6) is 0.287. The summed E-state index contributed by atoms with van der Waals surface area (Å²) >= 11 is 16.3. The van der Waals surface area contributed by atoms with Gasteiger partial charge < -0.3 is 4.74 Å². The third-order valence-electron chi connectivity index (χ3n) is 3.03. The molecule has 0 spiro atoms. The number of carbonyl (C=O) groups excluding carboxylic acids is 1. The number of amides is 1. The molecule has 2 aromatic carbocycles. The van der Waals surface area contributed by atoms with Crippen LogP contribution in [-0.2, 0) is 4.79 Å². The lowest BCUT2D eigenvalue weighted by atomic mass is 10.2. The quantitative estimate of drug-likeness (QED) is 0.363. The molecular formula is C14H10Cl2N2O4S. The first-order valence-corrected chi connectivity index (χ1v) is 7.35. The van der Waals surface area contributed by atoms with Crippen molar-refractivity contribution in [3.05, 3.63) is 50.5 Å². The molecule has 0 aliphatic heterocycles. The van der Waals surface area contributed by atoms with E-state index in [1.54, 1.807) is 6.07 Å². The molecule has 0 saturated heterocycles. The maximum absolute atomic E-state index is 11.6. The maximum atomic E-state index is 11.6. The van der Waals surface area contributed by atoms with Crippen molar-refractivity contribution in [1.29, 1.82) is 0 Å². The summed E-state index contributed by atoms with van der Waals surface area (Å²) < 4.78 is 4.97. The molecule has 9 heteroatoms. The highest BCUT2D eigenvalue weighted by Crippen LogP contribution is 2.43. The van der Waals surface area contributed by atoms with E-state index in [1.165, 1.54) is 31.4 Å². The summed E-state index contributed by atoms with van der Waals surface area (Å²) in [7, 11) is 1.38. The molecule has 0 saturated carbocycles. The fourth-order valence-electron chi connectivity index (χ4n) is 1.97.